The SMILES string of the molecule is Cc1cc(CC2CCC(C)CC2)cc(C)c1C.Cc1cc(CC2CCC(C3CCC(C)CC3)CC2)cc(C)c1C. The fourth-order valence-corrected chi connectivity index (χ4v) is 8.31. The molecule has 0 saturated heterocycles. The van der Waals surface area contributed by atoms with Crippen LogP contribution in [0.1, 0.15) is 135 Å². The molecule has 0 aliphatic heterocycles. The Labute approximate surface area is 249 Å². The molecule has 222 valence electrons. The van der Waals surface area contributed by atoms with Gasteiger partial charge in [0, 0.05) is 0 Å². The Balaban J connectivity index is 0.000000194. The van der Waals surface area contributed by atoms with Gasteiger partial charge >= 0.3 is 0 Å². The third-order valence-electron chi connectivity index (χ3n) is 11.8. The molecule has 0 heteroatoms. The molecule has 0 bridgehead atoms. The highest BCUT2D eigenvalue weighted by molar-refractivity contribution is 5.38. The fraction of sp³-hybridized carbons (Fsp3) is 0.700. The van der Waals surface area contributed by atoms with Gasteiger partial charge in [0.1, 0.15) is 0 Å². The fourth-order valence-electron chi connectivity index (χ4n) is 8.31. The highest BCUT2D eigenvalue weighted by Crippen LogP contribution is 2.42. The zero-order valence-corrected chi connectivity index (χ0v) is 27.7. The van der Waals surface area contributed by atoms with Crippen LogP contribution < -0.4 is 0 Å². The van der Waals surface area contributed by atoms with Crippen LogP contribution in [0.15, 0.2) is 24.3 Å². The Morgan fingerprint density at radius 1 is 0.425 bits per heavy atom. The molecule has 0 aromatic heterocycles. The van der Waals surface area contributed by atoms with Gasteiger partial charge in [0.15, 0.2) is 0 Å². The van der Waals surface area contributed by atoms with Crippen molar-refractivity contribution < 1.29 is 0 Å². The van der Waals surface area contributed by atoms with Crippen molar-refractivity contribution in [2.75, 3.05) is 0 Å². The molecule has 2 aromatic rings. The van der Waals surface area contributed by atoms with E-state index in [1.807, 2.05) is 0 Å². The summed E-state index contributed by atoms with van der Waals surface area (Å²) in [5.41, 5.74) is 12.0. The first-order valence-corrected chi connectivity index (χ1v) is 17.2. The van der Waals surface area contributed by atoms with Gasteiger partial charge in [-0.05, 0) is 186 Å². The van der Waals surface area contributed by atoms with E-state index in [1.54, 1.807) is 11.1 Å². The van der Waals surface area contributed by atoms with E-state index in [2.05, 4.69) is 79.7 Å². The largest absolute Gasteiger partial charge is 0.0625 e. The molecular weight excluding hydrogens is 480 g/mol. The maximum Gasteiger partial charge on any atom is -0.0250 e. The first-order chi connectivity index (χ1) is 19.1. The maximum atomic E-state index is 2.44. The number of hydrogen-bond donors (Lipinski definition) is 0. The van der Waals surface area contributed by atoms with E-state index in [1.165, 1.54) is 123 Å². The van der Waals surface area contributed by atoms with E-state index in [0.29, 0.717) is 0 Å². The molecule has 0 N–H and O–H groups in total. The number of benzene rings is 2. The molecule has 0 unspecified atom stereocenters. The molecule has 2 aromatic carbocycles. The molecule has 3 saturated carbocycles. The van der Waals surface area contributed by atoms with Crippen molar-refractivity contribution in [3.8, 4) is 0 Å². The molecule has 0 radical (unpaired) electrons. The summed E-state index contributed by atoms with van der Waals surface area (Å²) in [4.78, 5) is 0. The second kappa shape index (κ2) is 14.6. The molecule has 3 aliphatic rings. The average molecular weight is 543 g/mol. The first-order valence-electron chi connectivity index (χ1n) is 17.2. The summed E-state index contributed by atoms with van der Waals surface area (Å²) in [5, 5.41) is 0. The monoisotopic (exact) mass is 542 g/mol. The highest BCUT2D eigenvalue weighted by Gasteiger charge is 2.30. The van der Waals surface area contributed by atoms with E-state index in [0.717, 1.165) is 35.5 Å². The van der Waals surface area contributed by atoms with Crippen molar-refractivity contribution in [1.82, 2.24) is 0 Å². The Hall–Kier alpha value is -1.56. The lowest BCUT2D eigenvalue weighted by molar-refractivity contribution is 0.150. The van der Waals surface area contributed by atoms with E-state index in [9.17, 15) is 0 Å². The minimum atomic E-state index is 0.938. The molecule has 0 heterocycles. The quantitative estimate of drug-likeness (QED) is 0.352. The van der Waals surface area contributed by atoms with Crippen LogP contribution >= 0.6 is 0 Å². The Kier molecular flexibility index (Phi) is 11.4. The molecule has 0 nitrogen and oxygen atoms in total. The predicted octanol–water partition coefficient (Wildman–Crippen LogP) is 11.8. The van der Waals surface area contributed by atoms with Crippen molar-refractivity contribution in [3.63, 3.8) is 0 Å². The van der Waals surface area contributed by atoms with Crippen molar-refractivity contribution in [1.29, 1.82) is 0 Å². The first kappa shape index (κ1) is 31.4. The Morgan fingerprint density at radius 2 is 0.700 bits per heavy atom. The number of rotatable bonds is 5. The molecular formula is C40H62. The molecule has 0 amide bonds. The van der Waals surface area contributed by atoms with Gasteiger partial charge in [-0.2, -0.15) is 0 Å². The maximum absolute atomic E-state index is 2.44. The van der Waals surface area contributed by atoms with Gasteiger partial charge in [0.05, 0.1) is 0 Å². The third-order valence-corrected chi connectivity index (χ3v) is 11.8. The normalized spacial score (nSPS) is 29.0. The van der Waals surface area contributed by atoms with Crippen molar-refractivity contribution >= 4 is 0 Å². The minimum Gasteiger partial charge on any atom is -0.0625 e. The van der Waals surface area contributed by atoms with Crippen LogP contribution in [0.5, 0.6) is 0 Å². The molecule has 0 spiro atoms. The summed E-state index contributed by atoms with van der Waals surface area (Å²) >= 11 is 0. The van der Waals surface area contributed by atoms with Gasteiger partial charge in [0.2, 0.25) is 0 Å². The van der Waals surface area contributed by atoms with E-state index < -0.39 is 0 Å². The van der Waals surface area contributed by atoms with Crippen LogP contribution in [0.25, 0.3) is 0 Å². The summed E-state index contributed by atoms with van der Waals surface area (Å²) in [6.07, 6.45) is 20.4. The zero-order valence-electron chi connectivity index (χ0n) is 27.7. The van der Waals surface area contributed by atoms with Crippen LogP contribution in [-0.2, 0) is 12.8 Å². The van der Waals surface area contributed by atoms with E-state index in [4.69, 9.17) is 0 Å². The van der Waals surface area contributed by atoms with Gasteiger partial charge in [-0.25, -0.2) is 0 Å². The lowest BCUT2D eigenvalue weighted by atomic mass is 9.69. The summed E-state index contributed by atoms with van der Waals surface area (Å²) < 4.78 is 0. The van der Waals surface area contributed by atoms with Crippen molar-refractivity contribution in [2.24, 2.45) is 35.5 Å². The molecule has 3 fully saturated rings. The average Bonchev–Trinajstić information content (AvgIpc) is 2.93. The summed E-state index contributed by atoms with van der Waals surface area (Å²) in [6, 6.07) is 9.69. The molecule has 3 aliphatic carbocycles. The van der Waals surface area contributed by atoms with Crippen molar-refractivity contribution in [3.05, 3.63) is 68.8 Å². The van der Waals surface area contributed by atoms with Crippen LogP contribution in [0, 0.1) is 77.0 Å². The number of aryl methyl sites for hydroxylation is 4. The van der Waals surface area contributed by atoms with Crippen LogP contribution in [0.4, 0.5) is 0 Å². The Morgan fingerprint density at radius 3 is 1.05 bits per heavy atom. The smallest absolute Gasteiger partial charge is 0.0250 e. The van der Waals surface area contributed by atoms with Crippen LogP contribution in [0.2, 0.25) is 0 Å². The summed E-state index contributed by atoms with van der Waals surface area (Å²) in [5.74, 6) is 5.96. The second-order valence-corrected chi connectivity index (χ2v) is 15.0. The lowest BCUT2D eigenvalue weighted by Crippen LogP contribution is -2.25. The van der Waals surface area contributed by atoms with Crippen LogP contribution in [-0.4, -0.2) is 0 Å². The van der Waals surface area contributed by atoms with E-state index in [-0.39, 0.29) is 0 Å². The van der Waals surface area contributed by atoms with Gasteiger partial charge in [-0.15, -0.1) is 0 Å². The van der Waals surface area contributed by atoms with Crippen molar-refractivity contribution in [2.45, 2.75) is 145 Å². The van der Waals surface area contributed by atoms with Gasteiger partial charge in [-0.1, -0.05) is 63.8 Å². The van der Waals surface area contributed by atoms with Gasteiger partial charge < -0.3 is 0 Å². The van der Waals surface area contributed by atoms with E-state index >= 15 is 0 Å². The minimum absolute atomic E-state index is 0.938. The summed E-state index contributed by atoms with van der Waals surface area (Å²) in [7, 11) is 0. The highest BCUT2D eigenvalue weighted by atomic mass is 14.4. The van der Waals surface area contributed by atoms with Crippen LogP contribution in [0.3, 0.4) is 0 Å². The topological polar surface area (TPSA) is 0 Å². The Bertz CT molecular complexity index is 1020. The summed E-state index contributed by atoms with van der Waals surface area (Å²) in [6.45, 7) is 18.4. The van der Waals surface area contributed by atoms with Gasteiger partial charge in [0.25, 0.3) is 0 Å². The standard InChI is InChI=1S/C23H36.C17H26/c1-16-5-9-22(10-6-16)23-11-7-20(8-12-23)15-21-13-17(2)19(4)18(3)14-21;1-12-5-7-16(8-6-12)11-17-9-13(2)15(4)14(3)10-17/h13-14,16,20,22-23H,5-12,15H2,1-4H3;9-10,12,16H,5-8,11H2,1-4H3. The lowest BCUT2D eigenvalue weighted by Gasteiger charge is -2.37. The second-order valence-electron chi connectivity index (χ2n) is 15.0. The predicted molar refractivity (Wildman–Crippen MR) is 176 cm³/mol. The number of hydrogen-bond acceptors (Lipinski definition) is 0. The molecule has 0 atom stereocenters. The zero-order chi connectivity index (χ0) is 28.8. The molecule has 5 rings (SSSR count). The van der Waals surface area contributed by atoms with Gasteiger partial charge in [-0.3, -0.25) is 0 Å². The molecule has 40 heavy (non-hydrogen) atoms. The third kappa shape index (κ3) is 8.72.